The van der Waals surface area contributed by atoms with E-state index in [1.807, 2.05) is 11.7 Å². The summed E-state index contributed by atoms with van der Waals surface area (Å²) in [5, 5.41) is 7.92. The maximum atomic E-state index is 6.18. The van der Waals surface area contributed by atoms with Crippen molar-refractivity contribution in [2.24, 2.45) is 7.05 Å². The van der Waals surface area contributed by atoms with Crippen LogP contribution in [0.4, 0.5) is 11.5 Å². The number of nitrogen functional groups attached to an aromatic ring is 1. The minimum Gasteiger partial charge on any atom is -0.394 e. The first-order valence-corrected chi connectivity index (χ1v) is 7.57. The van der Waals surface area contributed by atoms with Crippen molar-refractivity contribution in [3.8, 4) is 0 Å². The molecule has 0 amide bonds. The van der Waals surface area contributed by atoms with Gasteiger partial charge in [-0.15, -0.1) is 0 Å². The minimum atomic E-state index is 0.347. The lowest BCUT2D eigenvalue weighted by molar-refractivity contribution is 0.182. The minimum absolute atomic E-state index is 0.347. The number of rotatable bonds is 7. The van der Waals surface area contributed by atoms with E-state index in [-0.39, 0.29) is 0 Å². The zero-order valence-electron chi connectivity index (χ0n) is 14.1. The average molecular weight is 281 g/mol. The van der Waals surface area contributed by atoms with E-state index in [9.17, 15) is 0 Å². The van der Waals surface area contributed by atoms with Crippen molar-refractivity contribution in [1.29, 1.82) is 0 Å². The van der Waals surface area contributed by atoms with Crippen LogP contribution in [0.5, 0.6) is 0 Å². The van der Waals surface area contributed by atoms with Crippen LogP contribution in [0.1, 0.15) is 53.2 Å². The summed E-state index contributed by atoms with van der Waals surface area (Å²) in [6.07, 6.45) is 0. The lowest BCUT2D eigenvalue weighted by atomic mass is 10.1. The summed E-state index contributed by atoms with van der Waals surface area (Å²) >= 11 is 0. The molecule has 1 rings (SSSR count). The summed E-state index contributed by atoms with van der Waals surface area (Å²) in [4.78, 5) is 2.46. The first-order valence-electron chi connectivity index (χ1n) is 7.57. The molecule has 0 bridgehead atoms. The van der Waals surface area contributed by atoms with Crippen LogP contribution in [-0.4, -0.2) is 39.9 Å². The summed E-state index contributed by atoms with van der Waals surface area (Å²) in [5.74, 6) is 1.28. The van der Waals surface area contributed by atoms with E-state index in [1.54, 1.807) is 0 Å². The molecule has 0 atom stereocenters. The number of nitrogens with two attached hydrogens (primary N) is 1. The molecule has 3 N–H and O–H groups in total. The summed E-state index contributed by atoms with van der Waals surface area (Å²) < 4.78 is 1.85. The van der Waals surface area contributed by atoms with Crippen LogP contribution in [0.25, 0.3) is 0 Å². The van der Waals surface area contributed by atoms with E-state index in [0.717, 1.165) is 30.3 Å². The Bertz CT molecular complexity index is 412. The molecular weight excluding hydrogens is 250 g/mol. The molecular formula is C15H31N5. The van der Waals surface area contributed by atoms with Gasteiger partial charge in [0.2, 0.25) is 0 Å². The Morgan fingerprint density at radius 3 is 2.10 bits per heavy atom. The van der Waals surface area contributed by atoms with Gasteiger partial charge >= 0.3 is 0 Å². The SMILES string of the molecule is CC(C)c1nn(C)c(NCCN(C(C)C)C(C)C)c1N. The fourth-order valence-corrected chi connectivity index (χ4v) is 2.61. The van der Waals surface area contributed by atoms with Crippen LogP contribution in [0.15, 0.2) is 0 Å². The first-order chi connectivity index (χ1) is 9.25. The van der Waals surface area contributed by atoms with Crippen molar-refractivity contribution >= 4 is 11.5 Å². The van der Waals surface area contributed by atoms with E-state index in [1.165, 1.54) is 0 Å². The summed E-state index contributed by atoms with van der Waals surface area (Å²) in [6.45, 7) is 15.0. The highest BCUT2D eigenvalue weighted by Crippen LogP contribution is 2.27. The number of hydrogen-bond donors (Lipinski definition) is 2. The van der Waals surface area contributed by atoms with Crippen LogP contribution in [0.2, 0.25) is 0 Å². The highest BCUT2D eigenvalue weighted by molar-refractivity contribution is 5.65. The quantitative estimate of drug-likeness (QED) is 0.806. The van der Waals surface area contributed by atoms with Gasteiger partial charge < -0.3 is 11.1 Å². The van der Waals surface area contributed by atoms with E-state index in [2.05, 4.69) is 56.9 Å². The van der Waals surface area contributed by atoms with Gasteiger partial charge in [-0.1, -0.05) is 13.8 Å². The van der Waals surface area contributed by atoms with E-state index < -0.39 is 0 Å². The van der Waals surface area contributed by atoms with Crippen LogP contribution in [-0.2, 0) is 7.05 Å². The van der Waals surface area contributed by atoms with Gasteiger partial charge in [-0.3, -0.25) is 9.58 Å². The largest absolute Gasteiger partial charge is 0.394 e. The Labute approximate surface area is 123 Å². The zero-order valence-corrected chi connectivity index (χ0v) is 14.1. The van der Waals surface area contributed by atoms with Crippen molar-refractivity contribution in [2.45, 2.75) is 59.5 Å². The molecule has 1 heterocycles. The molecule has 0 aromatic carbocycles. The maximum Gasteiger partial charge on any atom is 0.147 e. The molecule has 20 heavy (non-hydrogen) atoms. The molecule has 116 valence electrons. The smallest absolute Gasteiger partial charge is 0.147 e. The summed E-state index contributed by atoms with van der Waals surface area (Å²) in [7, 11) is 1.94. The highest BCUT2D eigenvalue weighted by Gasteiger charge is 2.17. The van der Waals surface area contributed by atoms with E-state index in [4.69, 9.17) is 5.73 Å². The molecule has 0 radical (unpaired) electrons. The second-order valence-corrected chi connectivity index (χ2v) is 6.28. The number of aryl methyl sites for hydroxylation is 1. The number of nitrogens with zero attached hydrogens (tertiary/aromatic N) is 3. The van der Waals surface area contributed by atoms with Crippen molar-refractivity contribution in [3.63, 3.8) is 0 Å². The molecule has 0 aliphatic carbocycles. The van der Waals surface area contributed by atoms with Gasteiger partial charge in [-0.05, 0) is 33.6 Å². The Morgan fingerprint density at radius 1 is 1.15 bits per heavy atom. The van der Waals surface area contributed by atoms with Gasteiger partial charge in [0.25, 0.3) is 0 Å². The Hall–Kier alpha value is -1.23. The van der Waals surface area contributed by atoms with Crippen molar-refractivity contribution in [2.75, 3.05) is 24.1 Å². The standard InChI is InChI=1S/C15H31N5/c1-10(2)14-13(16)15(19(7)18-14)17-8-9-20(11(3)4)12(5)6/h10-12,17H,8-9,16H2,1-7H3. The number of aromatic nitrogens is 2. The Kier molecular flexibility index (Phi) is 5.87. The molecule has 0 unspecified atom stereocenters. The van der Waals surface area contributed by atoms with Crippen LogP contribution in [0.3, 0.4) is 0 Å². The van der Waals surface area contributed by atoms with Gasteiger partial charge in [0, 0.05) is 32.2 Å². The molecule has 0 saturated carbocycles. The predicted octanol–water partition coefficient (Wildman–Crippen LogP) is 2.66. The van der Waals surface area contributed by atoms with Crippen molar-refractivity contribution in [3.05, 3.63) is 5.69 Å². The normalized spacial score (nSPS) is 12.2. The molecule has 5 heteroatoms. The Morgan fingerprint density at radius 2 is 1.70 bits per heavy atom. The molecule has 0 saturated heterocycles. The first kappa shape index (κ1) is 16.8. The van der Waals surface area contributed by atoms with Gasteiger partial charge in [0.15, 0.2) is 0 Å². The van der Waals surface area contributed by atoms with Crippen LogP contribution < -0.4 is 11.1 Å². The Balaban J connectivity index is 2.67. The topological polar surface area (TPSA) is 59.1 Å². The third-order valence-electron chi connectivity index (χ3n) is 3.65. The van der Waals surface area contributed by atoms with Gasteiger partial charge in [-0.2, -0.15) is 5.10 Å². The average Bonchev–Trinajstić information content (AvgIpc) is 2.60. The fraction of sp³-hybridized carbons (Fsp3) is 0.800. The molecule has 1 aromatic heterocycles. The lowest BCUT2D eigenvalue weighted by Gasteiger charge is -2.30. The van der Waals surface area contributed by atoms with Crippen LogP contribution in [0, 0.1) is 0 Å². The fourth-order valence-electron chi connectivity index (χ4n) is 2.61. The molecule has 0 aliphatic heterocycles. The third-order valence-corrected chi connectivity index (χ3v) is 3.65. The number of nitrogens with one attached hydrogen (secondary N) is 1. The van der Waals surface area contributed by atoms with E-state index >= 15 is 0 Å². The van der Waals surface area contributed by atoms with Gasteiger partial charge in [0.1, 0.15) is 5.82 Å². The molecule has 0 spiro atoms. The lowest BCUT2D eigenvalue weighted by Crippen LogP contribution is -2.40. The van der Waals surface area contributed by atoms with Gasteiger partial charge in [0.05, 0.1) is 11.4 Å². The van der Waals surface area contributed by atoms with Crippen LogP contribution >= 0.6 is 0 Å². The second kappa shape index (κ2) is 6.97. The monoisotopic (exact) mass is 281 g/mol. The third kappa shape index (κ3) is 3.88. The summed E-state index contributed by atoms with van der Waals surface area (Å²) in [6, 6.07) is 1.10. The highest BCUT2D eigenvalue weighted by atomic mass is 15.3. The summed E-state index contributed by atoms with van der Waals surface area (Å²) in [5.41, 5.74) is 7.93. The maximum absolute atomic E-state index is 6.18. The number of hydrogen-bond acceptors (Lipinski definition) is 4. The van der Waals surface area contributed by atoms with Crippen molar-refractivity contribution < 1.29 is 0 Å². The molecule has 5 nitrogen and oxygen atoms in total. The zero-order chi connectivity index (χ0) is 15.4. The van der Waals surface area contributed by atoms with Crippen molar-refractivity contribution in [1.82, 2.24) is 14.7 Å². The second-order valence-electron chi connectivity index (χ2n) is 6.28. The number of anilines is 2. The van der Waals surface area contributed by atoms with E-state index in [0.29, 0.717) is 18.0 Å². The molecule has 0 aliphatic rings. The van der Waals surface area contributed by atoms with Gasteiger partial charge in [-0.25, -0.2) is 0 Å². The predicted molar refractivity (Wildman–Crippen MR) is 87.2 cm³/mol. The molecule has 0 fully saturated rings. The molecule has 1 aromatic rings.